The molecule has 0 radical (unpaired) electrons. The molecule has 0 saturated carbocycles. The highest BCUT2D eigenvalue weighted by Gasteiger charge is 2.23. The fourth-order valence-electron chi connectivity index (χ4n) is 1.00. The van der Waals surface area contributed by atoms with Crippen molar-refractivity contribution in [3.8, 4) is 0 Å². The van der Waals surface area contributed by atoms with E-state index in [1.54, 1.807) is 0 Å². The van der Waals surface area contributed by atoms with Crippen molar-refractivity contribution in [2.45, 2.75) is 32.0 Å². The molecule has 0 saturated heterocycles. The first-order valence-corrected chi connectivity index (χ1v) is 4.27. The summed E-state index contributed by atoms with van der Waals surface area (Å²) in [6.07, 6.45) is -1.13. The third kappa shape index (κ3) is 7.56. The van der Waals surface area contributed by atoms with Crippen molar-refractivity contribution in [2.75, 3.05) is 6.61 Å². The second kappa shape index (κ2) is 7.87. The predicted molar refractivity (Wildman–Crippen MR) is 42.6 cm³/mol. The molecule has 0 rings (SSSR count). The van der Waals surface area contributed by atoms with E-state index in [4.69, 9.17) is 25.9 Å². The van der Waals surface area contributed by atoms with Gasteiger partial charge in [-0.15, -0.1) is 0 Å². The summed E-state index contributed by atoms with van der Waals surface area (Å²) in [6.45, 7) is 1.32. The van der Waals surface area contributed by atoms with Crippen LogP contribution in [-0.2, 0) is 9.68 Å². The molecular formula is C6H16N2O7. The van der Waals surface area contributed by atoms with Crippen molar-refractivity contribution in [3.05, 3.63) is 0 Å². The van der Waals surface area contributed by atoms with Gasteiger partial charge in [-0.2, -0.15) is 0 Å². The molecule has 0 bridgehead atoms. The normalized spacial score (nSPS) is 16.0. The number of nitrogens with zero attached hydrogens (tertiary/aromatic N) is 2. The fourth-order valence-corrected chi connectivity index (χ4v) is 1.00. The van der Waals surface area contributed by atoms with Crippen molar-refractivity contribution < 1.29 is 35.6 Å². The Morgan fingerprint density at radius 1 is 1.07 bits per heavy atom. The molecule has 0 heterocycles. The van der Waals surface area contributed by atoms with Gasteiger partial charge < -0.3 is 5.11 Å². The predicted octanol–water partition coefficient (Wildman–Crippen LogP) is -0.460. The third-order valence-corrected chi connectivity index (χ3v) is 1.66. The monoisotopic (exact) mass is 228 g/mol. The molecule has 0 unspecified atom stereocenters. The van der Waals surface area contributed by atoms with Crippen LogP contribution < -0.4 is 0 Å². The SMILES string of the molecule is C[C@@H](ON(O)O)[C@@H](CCCO)ON(O)O. The van der Waals surface area contributed by atoms with Gasteiger partial charge >= 0.3 is 0 Å². The van der Waals surface area contributed by atoms with Gasteiger partial charge in [0.05, 0.1) is 10.8 Å². The van der Waals surface area contributed by atoms with Gasteiger partial charge in [-0.05, 0) is 19.8 Å². The van der Waals surface area contributed by atoms with Gasteiger partial charge in [0.1, 0.15) is 12.2 Å². The Hall–Kier alpha value is -0.360. The molecule has 9 heteroatoms. The molecule has 0 aromatic carbocycles. The Morgan fingerprint density at radius 2 is 1.60 bits per heavy atom. The minimum absolute atomic E-state index is 0.106. The van der Waals surface area contributed by atoms with E-state index in [2.05, 4.69) is 9.68 Å². The maximum atomic E-state index is 8.57. The second-order valence-corrected chi connectivity index (χ2v) is 2.83. The number of hydrogen-bond acceptors (Lipinski definition) is 9. The quantitative estimate of drug-likeness (QED) is 0.351. The van der Waals surface area contributed by atoms with Crippen LogP contribution in [0.2, 0.25) is 0 Å². The lowest BCUT2D eigenvalue weighted by Crippen LogP contribution is -2.37. The Kier molecular flexibility index (Phi) is 7.68. The van der Waals surface area contributed by atoms with Gasteiger partial charge in [0, 0.05) is 6.61 Å². The van der Waals surface area contributed by atoms with Gasteiger partial charge in [-0.3, -0.25) is 20.8 Å². The van der Waals surface area contributed by atoms with E-state index in [0.29, 0.717) is 6.42 Å². The standard InChI is InChI=1S/C6H16N2O7/c1-5(14-7(10)11)6(3-2-4-9)15-8(12)13/h5-6,9-13H,2-4H2,1H3/t5-,6-/m1/s1. The molecule has 0 amide bonds. The summed E-state index contributed by atoms with van der Waals surface area (Å²) < 4.78 is 0. The summed E-state index contributed by atoms with van der Waals surface area (Å²) in [5.74, 6) is 0. The molecular weight excluding hydrogens is 212 g/mol. The second-order valence-electron chi connectivity index (χ2n) is 2.83. The molecule has 92 valence electrons. The Bertz CT molecular complexity index is 156. The zero-order valence-corrected chi connectivity index (χ0v) is 8.22. The first kappa shape index (κ1) is 14.6. The smallest absolute Gasteiger partial charge is 0.112 e. The summed E-state index contributed by atoms with van der Waals surface area (Å²) >= 11 is 0. The van der Waals surface area contributed by atoms with Crippen molar-refractivity contribution in [1.29, 1.82) is 0 Å². The Balaban J connectivity index is 4.07. The van der Waals surface area contributed by atoms with Crippen molar-refractivity contribution in [3.63, 3.8) is 0 Å². The summed E-state index contributed by atoms with van der Waals surface area (Å²) in [7, 11) is 0. The number of hydrogen-bond donors (Lipinski definition) is 5. The van der Waals surface area contributed by atoms with Crippen LogP contribution in [0.25, 0.3) is 0 Å². The molecule has 0 aromatic rings. The van der Waals surface area contributed by atoms with E-state index in [1.807, 2.05) is 0 Å². The summed E-state index contributed by atoms with van der Waals surface area (Å²) in [6, 6.07) is 0. The summed E-state index contributed by atoms with van der Waals surface area (Å²) in [5, 5.41) is 41.1. The van der Waals surface area contributed by atoms with Crippen LogP contribution in [0, 0.1) is 0 Å². The molecule has 0 spiro atoms. The van der Waals surface area contributed by atoms with Gasteiger partial charge in [-0.25, -0.2) is 9.68 Å². The maximum Gasteiger partial charge on any atom is 0.112 e. The first-order valence-electron chi connectivity index (χ1n) is 4.27. The van der Waals surface area contributed by atoms with E-state index < -0.39 is 23.0 Å². The van der Waals surface area contributed by atoms with Crippen LogP contribution >= 0.6 is 0 Å². The van der Waals surface area contributed by atoms with E-state index in [0.717, 1.165) is 0 Å². The van der Waals surface area contributed by atoms with Crippen LogP contribution in [0.4, 0.5) is 0 Å². The molecule has 5 N–H and O–H groups in total. The van der Waals surface area contributed by atoms with Crippen LogP contribution in [-0.4, -0.2) is 55.5 Å². The molecule has 0 aliphatic heterocycles. The zero-order valence-electron chi connectivity index (χ0n) is 8.22. The van der Waals surface area contributed by atoms with E-state index in [-0.39, 0.29) is 13.0 Å². The molecule has 0 aliphatic rings. The molecule has 0 aromatic heterocycles. The first-order chi connectivity index (χ1) is 6.97. The third-order valence-electron chi connectivity index (χ3n) is 1.66. The Morgan fingerprint density at radius 3 is 2.00 bits per heavy atom. The van der Waals surface area contributed by atoms with E-state index >= 15 is 0 Å². The number of aliphatic hydroxyl groups is 1. The Labute approximate surface area is 86.0 Å². The van der Waals surface area contributed by atoms with Crippen LogP contribution in [0.3, 0.4) is 0 Å². The summed E-state index contributed by atoms with van der Waals surface area (Å²) in [4.78, 5) is 8.87. The van der Waals surface area contributed by atoms with Crippen molar-refractivity contribution in [2.24, 2.45) is 0 Å². The van der Waals surface area contributed by atoms with Gasteiger partial charge in [0.15, 0.2) is 0 Å². The topological polar surface area (TPSA) is 126 Å². The highest BCUT2D eigenvalue weighted by molar-refractivity contribution is 4.64. The van der Waals surface area contributed by atoms with Gasteiger partial charge in [-0.1, -0.05) is 0 Å². The summed E-state index contributed by atoms with van der Waals surface area (Å²) in [5.41, 5.74) is 0. The maximum absolute atomic E-state index is 8.57. The minimum Gasteiger partial charge on any atom is -0.396 e. The largest absolute Gasteiger partial charge is 0.396 e. The van der Waals surface area contributed by atoms with E-state index in [9.17, 15) is 0 Å². The van der Waals surface area contributed by atoms with Crippen LogP contribution in [0.15, 0.2) is 0 Å². The number of aliphatic hydroxyl groups excluding tert-OH is 1. The average Bonchev–Trinajstić information content (AvgIpc) is 2.10. The highest BCUT2D eigenvalue weighted by atomic mass is 17.1. The highest BCUT2D eigenvalue weighted by Crippen LogP contribution is 2.11. The molecule has 2 atom stereocenters. The lowest BCUT2D eigenvalue weighted by Gasteiger charge is -2.24. The zero-order chi connectivity index (χ0) is 11.8. The molecule has 0 aliphatic carbocycles. The van der Waals surface area contributed by atoms with Crippen molar-refractivity contribution >= 4 is 0 Å². The van der Waals surface area contributed by atoms with Crippen molar-refractivity contribution in [1.82, 2.24) is 10.8 Å². The van der Waals surface area contributed by atoms with Crippen LogP contribution in [0.1, 0.15) is 19.8 Å². The van der Waals surface area contributed by atoms with Gasteiger partial charge in [0.2, 0.25) is 0 Å². The van der Waals surface area contributed by atoms with Gasteiger partial charge in [0.25, 0.3) is 0 Å². The fraction of sp³-hybridized carbons (Fsp3) is 1.00. The van der Waals surface area contributed by atoms with Crippen LogP contribution in [0.5, 0.6) is 0 Å². The van der Waals surface area contributed by atoms with E-state index in [1.165, 1.54) is 6.92 Å². The lowest BCUT2D eigenvalue weighted by atomic mass is 10.1. The lowest BCUT2D eigenvalue weighted by molar-refractivity contribution is -0.537. The molecule has 15 heavy (non-hydrogen) atoms. The molecule has 9 nitrogen and oxygen atoms in total. The number of rotatable bonds is 8. The minimum atomic E-state index is -0.853. The average molecular weight is 228 g/mol. The molecule has 0 fully saturated rings.